The molecular weight excluding hydrogens is 532 g/mol. The molecule has 2 aliphatic heterocycles. The number of anilines is 1. The van der Waals surface area contributed by atoms with E-state index in [4.69, 9.17) is 14.6 Å². The maximum atomic E-state index is 14.7. The number of carbonyl (C=O) groups is 2. The second-order valence-electron chi connectivity index (χ2n) is 10.6. The molecule has 1 spiro atoms. The van der Waals surface area contributed by atoms with Crippen LogP contribution in [0.25, 0.3) is 11.3 Å². The second kappa shape index (κ2) is 11.8. The molecule has 1 N–H and O–H groups in total. The van der Waals surface area contributed by atoms with Crippen LogP contribution in [0, 0.1) is 17.0 Å². The van der Waals surface area contributed by atoms with Crippen LogP contribution in [-0.4, -0.2) is 59.7 Å². The summed E-state index contributed by atoms with van der Waals surface area (Å²) in [7, 11) is 0. The number of rotatable bonds is 9. The molecule has 5 rings (SSSR count). The number of carboxylic acid groups (broad SMARTS) is 1. The third kappa shape index (κ3) is 6.02. The largest absolute Gasteiger partial charge is 0.493 e. The number of pyridine rings is 1. The van der Waals surface area contributed by atoms with Crippen LogP contribution in [0.4, 0.5) is 14.5 Å². The fourth-order valence-corrected chi connectivity index (χ4v) is 5.80. The van der Waals surface area contributed by atoms with Gasteiger partial charge in [0.15, 0.2) is 5.82 Å². The standard InChI is InChI=1S/C31H33F2N3O5/c1-3-40-25-13-20(14-26(41-4-2)28(25)29-24(33)15-22(32)17-34-29)18-35-11-9-31(10-12-35)16-27(37)36(19-31)23-7-5-21(6-8-23)30(38)39/h5-8,13-15,17H,3-4,9-12,16,18-19H2,1-2H3,(H,38,39). The van der Waals surface area contributed by atoms with E-state index >= 15 is 0 Å². The first-order valence-electron chi connectivity index (χ1n) is 13.8. The van der Waals surface area contributed by atoms with Crippen LogP contribution >= 0.6 is 0 Å². The van der Waals surface area contributed by atoms with E-state index < -0.39 is 17.6 Å². The second-order valence-corrected chi connectivity index (χ2v) is 10.6. The lowest BCUT2D eigenvalue weighted by Crippen LogP contribution is -2.41. The lowest BCUT2D eigenvalue weighted by molar-refractivity contribution is -0.118. The van der Waals surface area contributed by atoms with Crippen LogP contribution in [-0.2, 0) is 11.3 Å². The maximum Gasteiger partial charge on any atom is 0.335 e. The van der Waals surface area contributed by atoms with Gasteiger partial charge in [0.25, 0.3) is 0 Å². The van der Waals surface area contributed by atoms with Gasteiger partial charge in [0, 0.05) is 31.3 Å². The zero-order chi connectivity index (χ0) is 29.1. The Morgan fingerprint density at radius 3 is 2.22 bits per heavy atom. The Morgan fingerprint density at radius 1 is 1.02 bits per heavy atom. The summed E-state index contributed by atoms with van der Waals surface area (Å²) >= 11 is 0. The molecule has 2 saturated heterocycles. The van der Waals surface area contributed by atoms with Crippen molar-refractivity contribution in [1.29, 1.82) is 0 Å². The molecule has 0 saturated carbocycles. The van der Waals surface area contributed by atoms with Crippen molar-refractivity contribution in [1.82, 2.24) is 9.88 Å². The van der Waals surface area contributed by atoms with Crippen molar-refractivity contribution in [3.8, 4) is 22.8 Å². The van der Waals surface area contributed by atoms with Crippen LogP contribution in [0.3, 0.4) is 0 Å². The van der Waals surface area contributed by atoms with E-state index in [1.54, 1.807) is 17.0 Å². The number of carbonyl (C=O) groups excluding carboxylic acids is 1. The third-order valence-corrected chi connectivity index (χ3v) is 7.84. The van der Waals surface area contributed by atoms with Crippen molar-refractivity contribution in [3.05, 3.63) is 71.4 Å². The van der Waals surface area contributed by atoms with E-state index in [0.29, 0.717) is 49.8 Å². The highest BCUT2D eigenvalue weighted by Crippen LogP contribution is 2.44. The summed E-state index contributed by atoms with van der Waals surface area (Å²) in [6, 6.07) is 11.0. The fourth-order valence-electron chi connectivity index (χ4n) is 5.80. The van der Waals surface area contributed by atoms with E-state index in [0.717, 1.165) is 49.4 Å². The van der Waals surface area contributed by atoms with Gasteiger partial charge in [-0.25, -0.2) is 18.6 Å². The highest BCUT2D eigenvalue weighted by atomic mass is 19.1. The first-order chi connectivity index (χ1) is 19.7. The Morgan fingerprint density at radius 2 is 1.66 bits per heavy atom. The number of amides is 1. The van der Waals surface area contributed by atoms with Crippen LogP contribution < -0.4 is 14.4 Å². The minimum atomic E-state index is -0.996. The molecular formula is C31H33F2N3O5. The van der Waals surface area contributed by atoms with Gasteiger partial charge in [-0.3, -0.25) is 9.69 Å². The lowest BCUT2D eigenvalue weighted by atomic mass is 9.77. The average Bonchev–Trinajstić information content (AvgIpc) is 3.26. The number of aromatic carboxylic acids is 1. The highest BCUT2D eigenvalue weighted by Gasteiger charge is 2.45. The third-order valence-electron chi connectivity index (χ3n) is 7.84. The first-order valence-corrected chi connectivity index (χ1v) is 13.8. The van der Waals surface area contributed by atoms with E-state index in [1.807, 2.05) is 26.0 Å². The van der Waals surface area contributed by atoms with E-state index in [9.17, 15) is 18.4 Å². The van der Waals surface area contributed by atoms with Crippen molar-refractivity contribution in [3.63, 3.8) is 0 Å². The molecule has 3 aromatic rings. The van der Waals surface area contributed by atoms with Crippen molar-refractivity contribution < 1.29 is 33.0 Å². The number of benzene rings is 2. The molecule has 10 heteroatoms. The van der Waals surface area contributed by atoms with Crippen molar-refractivity contribution in [2.24, 2.45) is 5.41 Å². The Bertz CT molecular complexity index is 1410. The molecule has 0 atom stereocenters. The highest BCUT2D eigenvalue weighted by molar-refractivity contribution is 5.97. The van der Waals surface area contributed by atoms with Gasteiger partial charge >= 0.3 is 5.97 Å². The SMILES string of the molecule is CCOc1cc(CN2CCC3(CC2)CC(=O)N(c2ccc(C(=O)O)cc2)C3)cc(OCC)c1-c1ncc(F)cc1F. The molecule has 3 heterocycles. The number of hydrogen-bond donors (Lipinski definition) is 1. The Kier molecular flexibility index (Phi) is 8.21. The topological polar surface area (TPSA) is 92.2 Å². The zero-order valence-corrected chi connectivity index (χ0v) is 23.2. The number of hydrogen-bond acceptors (Lipinski definition) is 6. The van der Waals surface area contributed by atoms with E-state index in [2.05, 4.69) is 9.88 Å². The summed E-state index contributed by atoms with van der Waals surface area (Å²) in [6.07, 6.45) is 3.14. The minimum absolute atomic E-state index is 0.0298. The van der Waals surface area contributed by atoms with Gasteiger partial charge < -0.3 is 19.5 Å². The molecule has 0 bridgehead atoms. The number of carboxylic acids is 1. The molecule has 1 aromatic heterocycles. The molecule has 1 amide bonds. The summed E-state index contributed by atoms with van der Waals surface area (Å²) in [5.74, 6) is -1.65. The van der Waals surface area contributed by atoms with Crippen LogP contribution in [0.5, 0.6) is 11.5 Å². The predicted molar refractivity (Wildman–Crippen MR) is 149 cm³/mol. The molecule has 2 aromatic carbocycles. The summed E-state index contributed by atoms with van der Waals surface area (Å²) in [6.45, 7) is 7.18. The Labute approximate surface area is 237 Å². The van der Waals surface area contributed by atoms with Crippen molar-refractivity contribution in [2.45, 2.75) is 39.7 Å². The smallest absolute Gasteiger partial charge is 0.335 e. The molecule has 216 valence electrons. The van der Waals surface area contributed by atoms with Crippen LogP contribution in [0.2, 0.25) is 0 Å². The molecule has 8 nitrogen and oxygen atoms in total. The molecule has 0 aliphatic carbocycles. The quantitative estimate of drug-likeness (QED) is 0.364. The summed E-state index contributed by atoms with van der Waals surface area (Å²) in [5.41, 5.74) is 2.05. The zero-order valence-electron chi connectivity index (χ0n) is 23.2. The number of halogens is 2. The van der Waals surface area contributed by atoms with Gasteiger partial charge in [0.2, 0.25) is 5.91 Å². The van der Waals surface area contributed by atoms with Crippen molar-refractivity contribution >= 4 is 17.6 Å². The molecule has 41 heavy (non-hydrogen) atoms. The van der Waals surface area contributed by atoms with Gasteiger partial charge in [0.1, 0.15) is 23.0 Å². The Balaban J connectivity index is 1.31. The molecule has 2 aliphatic rings. The van der Waals surface area contributed by atoms with Gasteiger partial charge in [-0.1, -0.05) is 0 Å². The molecule has 0 unspecified atom stereocenters. The average molecular weight is 566 g/mol. The van der Waals surface area contributed by atoms with E-state index in [1.165, 1.54) is 12.1 Å². The van der Waals surface area contributed by atoms with Crippen LogP contribution in [0.1, 0.15) is 49.0 Å². The number of nitrogens with zero attached hydrogens (tertiary/aromatic N) is 3. The van der Waals surface area contributed by atoms with Gasteiger partial charge in [-0.2, -0.15) is 0 Å². The maximum absolute atomic E-state index is 14.7. The lowest BCUT2D eigenvalue weighted by Gasteiger charge is -2.39. The fraction of sp³-hybridized carbons (Fsp3) is 0.387. The van der Waals surface area contributed by atoms with Gasteiger partial charge in [-0.05, 0) is 87.2 Å². The predicted octanol–water partition coefficient (Wildman–Crippen LogP) is 5.54. The molecule has 0 radical (unpaired) electrons. The summed E-state index contributed by atoms with van der Waals surface area (Å²) < 4.78 is 40.1. The number of likely N-dealkylation sites (tertiary alicyclic amines) is 1. The molecule has 2 fully saturated rings. The minimum Gasteiger partial charge on any atom is -0.493 e. The van der Waals surface area contributed by atoms with Gasteiger partial charge in [-0.15, -0.1) is 0 Å². The number of ether oxygens (including phenoxy) is 2. The normalized spacial score (nSPS) is 16.8. The van der Waals surface area contributed by atoms with Crippen molar-refractivity contribution in [2.75, 3.05) is 37.7 Å². The van der Waals surface area contributed by atoms with E-state index in [-0.39, 0.29) is 22.6 Å². The first kappa shape index (κ1) is 28.5. The number of piperidine rings is 1. The summed E-state index contributed by atoms with van der Waals surface area (Å²) in [5, 5.41) is 9.16. The number of aromatic nitrogens is 1. The summed E-state index contributed by atoms with van der Waals surface area (Å²) in [4.78, 5) is 32.2. The van der Waals surface area contributed by atoms with Gasteiger partial charge in [0.05, 0.1) is 30.5 Å². The monoisotopic (exact) mass is 565 g/mol. The van der Waals surface area contributed by atoms with Crippen LogP contribution in [0.15, 0.2) is 48.7 Å². The Hall–Kier alpha value is -4.05.